The normalized spacial score (nSPS) is 19.4. The molecule has 120 valence electrons. The van der Waals surface area contributed by atoms with Crippen molar-refractivity contribution >= 4 is 10.9 Å². The SMILES string of the molecule is C[C@H]1CCCN(Cc2nc3ccccc3c(=O)n2CC#N)CC1. The van der Waals surface area contributed by atoms with Crippen LogP contribution in [0.2, 0.25) is 0 Å². The van der Waals surface area contributed by atoms with Crippen LogP contribution in [0.5, 0.6) is 0 Å². The zero-order valence-corrected chi connectivity index (χ0v) is 13.5. The van der Waals surface area contributed by atoms with E-state index in [9.17, 15) is 4.79 Å². The molecule has 1 aliphatic rings. The molecule has 2 heterocycles. The van der Waals surface area contributed by atoms with E-state index in [1.165, 1.54) is 23.8 Å². The fourth-order valence-electron chi connectivity index (χ4n) is 3.25. The highest BCUT2D eigenvalue weighted by Crippen LogP contribution is 2.18. The average molecular weight is 310 g/mol. The highest BCUT2D eigenvalue weighted by Gasteiger charge is 2.17. The van der Waals surface area contributed by atoms with Crippen molar-refractivity contribution in [2.75, 3.05) is 13.1 Å². The summed E-state index contributed by atoms with van der Waals surface area (Å²) in [5, 5.41) is 9.65. The van der Waals surface area contributed by atoms with Crippen molar-refractivity contribution in [3.63, 3.8) is 0 Å². The third-order valence-electron chi connectivity index (χ3n) is 4.64. The van der Waals surface area contributed by atoms with Crippen molar-refractivity contribution in [2.45, 2.75) is 39.3 Å². The Morgan fingerprint density at radius 3 is 2.96 bits per heavy atom. The van der Waals surface area contributed by atoms with Crippen LogP contribution in [0.4, 0.5) is 0 Å². The van der Waals surface area contributed by atoms with Gasteiger partial charge in [-0.15, -0.1) is 0 Å². The molecule has 1 aromatic carbocycles. The second-order valence-corrected chi connectivity index (χ2v) is 6.41. The van der Waals surface area contributed by atoms with Crippen LogP contribution < -0.4 is 5.56 Å². The van der Waals surface area contributed by atoms with Crippen molar-refractivity contribution < 1.29 is 0 Å². The minimum Gasteiger partial charge on any atom is -0.296 e. The number of nitrogens with zero attached hydrogens (tertiary/aromatic N) is 4. The van der Waals surface area contributed by atoms with Gasteiger partial charge in [0.25, 0.3) is 5.56 Å². The lowest BCUT2D eigenvalue weighted by Gasteiger charge is -2.21. The molecule has 0 amide bonds. The quantitative estimate of drug-likeness (QED) is 0.874. The van der Waals surface area contributed by atoms with Gasteiger partial charge in [-0.2, -0.15) is 5.26 Å². The Labute approximate surface area is 136 Å². The van der Waals surface area contributed by atoms with Gasteiger partial charge in [0.2, 0.25) is 0 Å². The average Bonchev–Trinajstić information content (AvgIpc) is 2.76. The molecule has 1 saturated heterocycles. The summed E-state index contributed by atoms with van der Waals surface area (Å²) in [6.45, 7) is 5.03. The van der Waals surface area contributed by atoms with Gasteiger partial charge < -0.3 is 0 Å². The molecule has 3 rings (SSSR count). The molecule has 0 unspecified atom stereocenters. The van der Waals surface area contributed by atoms with Crippen LogP contribution >= 0.6 is 0 Å². The molecule has 0 N–H and O–H groups in total. The number of fused-ring (bicyclic) bond motifs is 1. The van der Waals surface area contributed by atoms with Crippen molar-refractivity contribution in [1.29, 1.82) is 5.26 Å². The molecule has 0 spiro atoms. The van der Waals surface area contributed by atoms with Crippen LogP contribution in [-0.4, -0.2) is 27.5 Å². The van der Waals surface area contributed by atoms with Crippen LogP contribution in [0.1, 0.15) is 32.0 Å². The Morgan fingerprint density at radius 2 is 2.13 bits per heavy atom. The summed E-state index contributed by atoms with van der Waals surface area (Å²) in [6, 6.07) is 9.45. The molecule has 5 nitrogen and oxygen atoms in total. The van der Waals surface area contributed by atoms with Crippen molar-refractivity contribution in [3.05, 3.63) is 40.4 Å². The molecule has 5 heteroatoms. The third-order valence-corrected chi connectivity index (χ3v) is 4.64. The molecule has 0 radical (unpaired) electrons. The van der Waals surface area contributed by atoms with E-state index >= 15 is 0 Å². The minimum atomic E-state index is -0.115. The summed E-state index contributed by atoms with van der Waals surface area (Å²) in [6.07, 6.45) is 3.61. The number of benzene rings is 1. The zero-order valence-electron chi connectivity index (χ0n) is 13.5. The Kier molecular flexibility index (Phi) is 4.73. The van der Waals surface area contributed by atoms with Crippen molar-refractivity contribution in [1.82, 2.24) is 14.5 Å². The lowest BCUT2D eigenvalue weighted by Crippen LogP contribution is -2.31. The van der Waals surface area contributed by atoms with E-state index in [-0.39, 0.29) is 12.1 Å². The summed E-state index contributed by atoms with van der Waals surface area (Å²) in [4.78, 5) is 19.7. The maximum absolute atomic E-state index is 12.7. The predicted molar refractivity (Wildman–Crippen MR) is 89.9 cm³/mol. The fourth-order valence-corrected chi connectivity index (χ4v) is 3.25. The van der Waals surface area contributed by atoms with Crippen molar-refractivity contribution in [3.8, 4) is 6.07 Å². The Balaban J connectivity index is 1.97. The smallest absolute Gasteiger partial charge is 0.262 e. The largest absolute Gasteiger partial charge is 0.296 e. The molecule has 1 atom stereocenters. The number of para-hydroxylation sites is 1. The van der Waals surface area contributed by atoms with Gasteiger partial charge in [-0.25, -0.2) is 4.98 Å². The second kappa shape index (κ2) is 6.93. The van der Waals surface area contributed by atoms with E-state index in [4.69, 9.17) is 5.26 Å². The van der Waals surface area contributed by atoms with E-state index < -0.39 is 0 Å². The minimum absolute atomic E-state index is 0.0518. The van der Waals surface area contributed by atoms with Crippen molar-refractivity contribution in [2.24, 2.45) is 5.92 Å². The lowest BCUT2D eigenvalue weighted by molar-refractivity contribution is 0.262. The molecule has 1 fully saturated rings. The molecule has 1 aromatic heterocycles. The Hall–Kier alpha value is -2.19. The van der Waals surface area contributed by atoms with E-state index in [2.05, 4.69) is 22.9 Å². The monoisotopic (exact) mass is 310 g/mol. The molecular formula is C18H22N4O. The van der Waals surface area contributed by atoms with Gasteiger partial charge >= 0.3 is 0 Å². The highest BCUT2D eigenvalue weighted by molar-refractivity contribution is 5.77. The van der Waals surface area contributed by atoms with Crippen LogP contribution in [0.25, 0.3) is 10.9 Å². The second-order valence-electron chi connectivity index (χ2n) is 6.41. The van der Waals surface area contributed by atoms with Crippen LogP contribution in [0.15, 0.2) is 29.1 Å². The summed E-state index contributed by atoms with van der Waals surface area (Å²) in [5.41, 5.74) is 0.597. The number of hydrogen-bond donors (Lipinski definition) is 0. The Morgan fingerprint density at radius 1 is 1.30 bits per heavy atom. The van der Waals surface area contributed by atoms with Gasteiger partial charge in [-0.05, 0) is 50.4 Å². The molecule has 0 bridgehead atoms. The highest BCUT2D eigenvalue weighted by atomic mass is 16.1. The third kappa shape index (κ3) is 3.43. The maximum Gasteiger partial charge on any atom is 0.262 e. The molecule has 0 saturated carbocycles. The van der Waals surface area contributed by atoms with Gasteiger partial charge in [-0.1, -0.05) is 19.1 Å². The predicted octanol–water partition coefficient (Wildman–Crippen LogP) is 2.54. The first-order chi connectivity index (χ1) is 11.2. The van der Waals surface area contributed by atoms with Gasteiger partial charge in [0, 0.05) is 0 Å². The number of nitriles is 1. The number of likely N-dealkylation sites (tertiary alicyclic amines) is 1. The molecule has 2 aromatic rings. The van der Waals surface area contributed by atoms with Gasteiger partial charge in [-0.3, -0.25) is 14.3 Å². The van der Waals surface area contributed by atoms with E-state index in [1.807, 2.05) is 18.2 Å². The number of aromatic nitrogens is 2. The lowest BCUT2D eigenvalue weighted by atomic mass is 10.0. The standard InChI is InChI=1S/C18H22N4O/c1-14-5-4-10-21(11-8-14)13-17-20-16-7-3-2-6-15(16)18(23)22(17)12-9-19/h2-3,6-7,14H,4-5,8,10-13H2,1H3/t14-/m0/s1. The fraction of sp³-hybridized carbons (Fsp3) is 0.500. The van der Waals surface area contributed by atoms with Crippen LogP contribution in [0, 0.1) is 17.2 Å². The summed E-state index contributed by atoms with van der Waals surface area (Å²) in [5.74, 6) is 1.45. The summed E-state index contributed by atoms with van der Waals surface area (Å²) >= 11 is 0. The molecule has 0 aliphatic carbocycles. The van der Waals surface area contributed by atoms with Gasteiger partial charge in [0.15, 0.2) is 0 Å². The summed E-state index contributed by atoms with van der Waals surface area (Å²) in [7, 11) is 0. The first-order valence-electron chi connectivity index (χ1n) is 8.27. The topological polar surface area (TPSA) is 61.9 Å². The maximum atomic E-state index is 12.7. The first-order valence-corrected chi connectivity index (χ1v) is 8.27. The number of rotatable bonds is 3. The van der Waals surface area contributed by atoms with Crippen LogP contribution in [0.3, 0.4) is 0 Å². The zero-order chi connectivity index (χ0) is 16.2. The number of hydrogen-bond acceptors (Lipinski definition) is 4. The molecular weight excluding hydrogens is 288 g/mol. The van der Waals surface area contributed by atoms with Gasteiger partial charge in [0.1, 0.15) is 12.4 Å². The molecule has 1 aliphatic heterocycles. The van der Waals surface area contributed by atoms with E-state index in [0.717, 1.165) is 19.0 Å². The van der Waals surface area contributed by atoms with E-state index in [0.29, 0.717) is 23.3 Å². The van der Waals surface area contributed by atoms with E-state index in [1.54, 1.807) is 6.07 Å². The van der Waals surface area contributed by atoms with Gasteiger partial charge in [0.05, 0.1) is 23.5 Å². The first kappa shape index (κ1) is 15.7. The summed E-state index contributed by atoms with van der Waals surface area (Å²) < 4.78 is 1.52. The molecule has 23 heavy (non-hydrogen) atoms. The Bertz CT molecular complexity index is 790. The van der Waals surface area contributed by atoms with Crippen LogP contribution in [-0.2, 0) is 13.1 Å².